The van der Waals surface area contributed by atoms with Gasteiger partial charge in [0.25, 0.3) is 5.91 Å². The minimum Gasteiger partial charge on any atom is -0.345 e. The Labute approximate surface area is 108 Å². The third-order valence-electron chi connectivity index (χ3n) is 2.86. The topological polar surface area (TPSA) is 57.8 Å². The summed E-state index contributed by atoms with van der Waals surface area (Å²) in [5, 5.41) is 9.02. The number of nitrogens with zero attached hydrogens (tertiary/aromatic N) is 1. The quantitative estimate of drug-likeness (QED) is 0.895. The van der Waals surface area contributed by atoms with Gasteiger partial charge in [-0.15, -0.1) is 0 Å². The van der Waals surface area contributed by atoms with Crippen LogP contribution in [0, 0.1) is 18.6 Å². The first-order valence-electron chi connectivity index (χ1n) is 5.74. The summed E-state index contributed by atoms with van der Waals surface area (Å²) in [4.78, 5) is 11.9. The van der Waals surface area contributed by atoms with E-state index in [4.69, 9.17) is 0 Å². The lowest BCUT2D eigenvalue weighted by molar-refractivity contribution is 0.0935. The summed E-state index contributed by atoms with van der Waals surface area (Å²) in [5.41, 5.74) is 0.823. The number of carbonyl (C=O) groups excluding carboxylic acids is 1. The molecule has 1 aromatic carbocycles. The van der Waals surface area contributed by atoms with E-state index in [-0.39, 0.29) is 17.2 Å². The van der Waals surface area contributed by atoms with Crippen LogP contribution in [-0.4, -0.2) is 16.1 Å². The van der Waals surface area contributed by atoms with Crippen LogP contribution in [0.1, 0.15) is 34.5 Å². The Morgan fingerprint density at radius 2 is 2.11 bits per heavy atom. The Bertz CT molecular complexity index is 596. The van der Waals surface area contributed by atoms with Crippen LogP contribution in [0.5, 0.6) is 0 Å². The van der Waals surface area contributed by atoms with E-state index in [1.54, 1.807) is 19.3 Å². The molecule has 0 saturated carbocycles. The molecule has 0 spiro atoms. The highest BCUT2D eigenvalue weighted by molar-refractivity contribution is 5.94. The number of rotatable bonds is 3. The summed E-state index contributed by atoms with van der Waals surface area (Å²) < 4.78 is 26.7. The second-order valence-electron chi connectivity index (χ2n) is 4.31. The smallest absolute Gasteiger partial charge is 0.254 e. The summed E-state index contributed by atoms with van der Waals surface area (Å²) in [6.45, 7) is 3.22. The lowest BCUT2D eigenvalue weighted by Crippen LogP contribution is -2.27. The predicted molar refractivity (Wildman–Crippen MR) is 65.6 cm³/mol. The number of aromatic amines is 1. The van der Waals surface area contributed by atoms with Crippen LogP contribution in [0.15, 0.2) is 24.5 Å². The van der Waals surface area contributed by atoms with Crippen molar-refractivity contribution in [2.75, 3.05) is 0 Å². The van der Waals surface area contributed by atoms with E-state index in [0.29, 0.717) is 6.07 Å². The third-order valence-corrected chi connectivity index (χ3v) is 2.86. The van der Waals surface area contributed by atoms with E-state index < -0.39 is 17.5 Å². The Balaban J connectivity index is 2.19. The minimum absolute atomic E-state index is 0.172. The Morgan fingerprint density at radius 3 is 2.74 bits per heavy atom. The number of amides is 1. The van der Waals surface area contributed by atoms with Crippen molar-refractivity contribution >= 4 is 5.91 Å². The number of H-pyrrole nitrogens is 1. The summed E-state index contributed by atoms with van der Waals surface area (Å²) >= 11 is 0. The maximum absolute atomic E-state index is 13.6. The van der Waals surface area contributed by atoms with Crippen molar-refractivity contribution in [3.05, 3.63) is 52.9 Å². The molecule has 1 atom stereocenters. The van der Waals surface area contributed by atoms with Crippen molar-refractivity contribution in [2.24, 2.45) is 0 Å². The molecule has 0 aliphatic heterocycles. The molecule has 19 heavy (non-hydrogen) atoms. The molecule has 4 nitrogen and oxygen atoms in total. The molecule has 2 aromatic rings. The molecule has 0 saturated heterocycles. The fourth-order valence-electron chi connectivity index (χ4n) is 1.69. The molecule has 6 heteroatoms. The van der Waals surface area contributed by atoms with Crippen molar-refractivity contribution in [2.45, 2.75) is 19.9 Å². The highest BCUT2D eigenvalue weighted by Crippen LogP contribution is 2.16. The van der Waals surface area contributed by atoms with Crippen LogP contribution in [-0.2, 0) is 0 Å². The molecule has 0 aliphatic carbocycles. The van der Waals surface area contributed by atoms with Crippen LogP contribution < -0.4 is 5.32 Å². The lowest BCUT2D eigenvalue weighted by Gasteiger charge is -2.13. The molecule has 2 N–H and O–H groups in total. The standard InChI is InChI=1S/C13H13F2N3O/c1-7-3-10(12(15)4-11(7)14)13(19)18-8(2)9-5-16-17-6-9/h3-6,8H,1-2H3,(H,16,17)(H,18,19). The number of aromatic nitrogens is 2. The summed E-state index contributed by atoms with van der Waals surface area (Å²) in [7, 11) is 0. The molecule has 0 radical (unpaired) electrons. The second kappa shape index (κ2) is 5.17. The van der Waals surface area contributed by atoms with Gasteiger partial charge in [0.05, 0.1) is 17.8 Å². The largest absolute Gasteiger partial charge is 0.345 e. The van der Waals surface area contributed by atoms with Crippen LogP contribution in [0.3, 0.4) is 0 Å². The highest BCUT2D eigenvalue weighted by Gasteiger charge is 2.17. The monoisotopic (exact) mass is 265 g/mol. The number of aryl methyl sites for hydroxylation is 1. The summed E-state index contributed by atoms with van der Waals surface area (Å²) in [6.07, 6.45) is 3.20. The van der Waals surface area contributed by atoms with Gasteiger partial charge in [-0.1, -0.05) is 0 Å². The molecular weight excluding hydrogens is 252 g/mol. The van der Waals surface area contributed by atoms with Crippen LogP contribution in [0.2, 0.25) is 0 Å². The van der Waals surface area contributed by atoms with Crippen LogP contribution in [0.25, 0.3) is 0 Å². The van der Waals surface area contributed by atoms with Crippen LogP contribution >= 0.6 is 0 Å². The Morgan fingerprint density at radius 1 is 1.37 bits per heavy atom. The number of nitrogens with one attached hydrogen (secondary N) is 2. The van der Waals surface area contributed by atoms with Gasteiger partial charge in [0.15, 0.2) is 0 Å². The van der Waals surface area contributed by atoms with E-state index in [1.807, 2.05) is 0 Å². The molecule has 0 fully saturated rings. The zero-order valence-electron chi connectivity index (χ0n) is 10.5. The van der Waals surface area contributed by atoms with E-state index in [1.165, 1.54) is 13.0 Å². The van der Waals surface area contributed by atoms with Gasteiger partial charge in [0.2, 0.25) is 0 Å². The van der Waals surface area contributed by atoms with Crippen molar-refractivity contribution in [3.63, 3.8) is 0 Å². The Hall–Kier alpha value is -2.24. The average molecular weight is 265 g/mol. The van der Waals surface area contributed by atoms with Crippen LogP contribution in [0.4, 0.5) is 8.78 Å². The van der Waals surface area contributed by atoms with Gasteiger partial charge in [-0.05, 0) is 25.5 Å². The fourth-order valence-corrected chi connectivity index (χ4v) is 1.69. The number of benzene rings is 1. The van der Waals surface area contributed by atoms with Gasteiger partial charge in [-0.2, -0.15) is 5.10 Å². The zero-order valence-corrected chi connectivity index (χ0v) is 10.5. The second-order valence-corrected chi connectivity index (χ2v) is 4.31. The first-order chi connectivity index (χ1) is 8.99. The van der Waals surface area contributed by atoms with Crippen molar-refractivity contribution in [1.29, 1.82) is 0 Å². The lowest BCUT2D eigenvalue weighted by atomic mass is 10.1. The predicted octanol–water partition coefficient (Wildman–Crippen LogP) is 2.49. The number of halogens is 2. The molecule has 0 aliphatic rings. The molecule has 2 rings (SSSR count). The zero-order chi connectivity index (χ0) is 14.0. The maximum Gasteiger partial charge on any atom is 0.254 e. The molecule has 100 valence electrons. The maximum atomic E-state index is 13.6. The number of hydrogen-bond donors (Lipinski definition) is 2. The van der Waals surface area contributed by atoms with E-state index in [0.717, 1.165) is 5.56 Å². The Kier molecular flexibility index (Phi) is 3.59. The van der Waals surface area contributed by atoms with Gasteiger partial charge in [0, 0.05) is 17.8 Å². The molecule has 0 bridgehead atoms. The third kappa shape index (κ3) is 2.78. The van der Waals surface area contributed by atoms with Crippen molar-refractivity contribution in [3.8, 4) is 0 Å². The van der Waals surface area contributed by atoms with Gasteiger partial charge in [-0.3, -0.25) is 9.89 Å². The van der Waals surface area contributed by atoms with E-state index in [9.17, 15) is 13.6 Å². The molecule has 1 heterocycles. The summed E-state index contributed by atoms with van der Waals surface area (Å²) in [5.74, 6) is -2.13. The summed E-state index contributed by atoms with van der Waals surface area (Å²) in [6, 6.07) is 1.59. The van der Waals surface area contributed by atoms with E-state index in [2.05, 4.69) is 15.5 Å². The van der Waals surface area contributed by atoms with Gasteiger partial charge < -0.3 is 5.32 Å². The fraction of sp³-hybridized carbons (Fsp3) is 0.231. The van der Waals surface area contributed by atoms with Gasteiger partial charge >= 0.3 is 0 Å². The molecule has 1 unspecified atom stereocenters. The highest BCUT2D eigenvalue weighted by atomic mass is 19.1. The van der Waals surface area contributed by atoms with Gasteiger partial charge in [0.1, 0.15) is 11.6 Å². The average Bonchev–Trinajstić information content (AvgIpc) is 2.87. The van der Waals surface area contributed by atoms with Crippen molar-refractivity contribution < 1.29 is 13.6 Å². The number of hydrogen-bond acceptors (Lipinski definition) is 2. The first-order valence-corrected chi connectivity index (χ1v) is 5.74. The minimum atomic E-state index is -0.875. The SMILES string of the molecule is Cc1cc(C(=O)NC(C)c2cn[nH]c2)c(F)cc1F. The molecule has 1 aromatic heterocycles. The van der Waals surface area contributed by atoms with Crippen molar-refractivity contribution in [1.82, 2.24) is 15.5 Å². The molecular formula is C13H13F2N3O. The normalized spacial score (nSPS) is 12.2. The van der Waals surface area contributed by atoms with E-state index >= 15 is 0 Å². The first kappa shape index (κ1) is 13.2. The molecule has 1 amide bonds. The number of carbonyl (C=O) groups is 1. The van der Waals surface area contributed by atoms with Gasteiger partial charge in [-0.25, -0.2) is 8.78 Å².